The molecule has 1 aliphatic rings. The van der Waals surface area contributed by atoms with Crippen LogP contribution in [0, 0.1) is 0 Å². The van der Waals surface area contributed by atoms with Gasteiger partial charge in [0.05, 0.1) is 31.7 Å². The summed E-state index contributed by atoms with van der Waals surface area (Å²) in [5.41, 5.74) is 0.672. The first-order valence-electron chi connectivity index (χ1n) is 13.4. The van der Waals surface area contributed by atoms with E-state index in [1.54, 1.807) is 55.5 Å². The number of urea groups is 1. The number of barbiturate groups is 1. The smallest absolute Gasteiger partial charge is 0.335 e. The van der Waals surface area contributed by atoms with Crippen LogP contribution in [0.25, 0.3) is 6.08 Å². The van der Waals surface area contributed by atoms with Gasteiger partial charge in [-0.2, -0.15) is 0 Å². The number of carbonyl (C=O) groups is 4. The molecule has 4 rings (SSSR count). The van der Waals surface area contributed by atoms with Crippen LogP contribution in [0.15, 0.2) is 70.7 Å². The number of nitrogens with zero attached hydrogens (tertiary/aromatic N) is 1. The monoisotopic (exact) mass is 651 g/mol. The SMILES string of the molecule is CCCOc1ccc(N2C(=O)NC(=O)/C(=C\c3cc(Br)ccc3OCC(=O)Nc3ccccc3OC)C2=O)cc1OCC. The number of halogens is 1. The van der Waals surface area contributed by atoms with E-state index in [1.807, 2.05) is 6.92 Å². The van der Waals surface area contributed by atoms with Gasteiger partial charge in [-0.25, -0.2) is 9.69 Å². The quantitative estimate of drug-likeness (QED) is 0.198. The maximum absolute atomic E-state index is 13.6. The van der Waals surface area contributed by atoms with Crippen molar-refractivity contribution in [2.45, 2.75) is 20.3 Å². The summed E-state index contributed by atoms with van der Waals surface area (Å²) in [5, 5.41) is 4.93. The Morgan fingerprint density at radius 3 is 2.44 bits per heavy atom. The van der Waals surface area contributed by atoms with Crippen LogP contribution in [0.2, 0.25) is 0 Å². The van der Waals surface area contributed by atoms with Gasteiger partial charge in [0, 0.05) is 16.1 Å². The molecule has 224 valence electrons. The number of rotatable bonds is 12. The lowest BCUT2D eigenvalue weighted by molar-refractivity contribution is -0.122. The van der Waals surface area contributed by atoms with Gasteiger partial charge >= 0.3 is 6.03 Å². The third kappa shape index (κ3) is 7.52. The standard InChI is InChI=1S/C31H30BrN3O8/c1-4-14-42-26-13-11-21(17-27(26)41-5-2)35-30(38)22(29(37)34-31(35)39)16-19-15-20(32)10-12-24(19)43-18-28(36)33-23-8-6-7-9-25(23)40-3/h6-13,15-17H,4-5,14,18H2,1-3H3,(H,33,36)(H,34,37,39)/b22-16+. The van der Waals surface area contributed by atoms with Gasteiger partial charge < -0.3 is 24.3 Å². The molecule has 0 aromatic heterocycles. The Balaban J connectivity index is 1.60. The van der Waals surface area contributed by atoms with Gasteiger partial charge in [-0.1, -0.05) is 35.0 Å². The highest BCUT2D eigenvalue weighted by Crippen LogP contribution is 2.34. The molecule has 3 aromatic carbocycles. The number of nitrogens with one attached hydrogen (secondary N) is 2. The minimum absolute atomic E-state index is 0.187. The molecular weight excluding hydrogens is 622 g/mol. The fourth-order valence-electron chi connectivity index (χ4n) is 4.12. The summed E-state index contributed by atoms with van der Waals surface area (Å²) in [7, 11) is 1.50. The molecule has 2 N–H and O–H groups in total. The number of ether oxygens (including phenoxy) is 4. The maximum Gasteiger partial charge on any atom is 0.335 e. The summed E-state index contributed by atoms with van der Waals surface area (Å²) in [6.45, 7) is 4.19. The Kier molecular flexibility index (Phi) is 10.4. The third-order valence-corrected chi connectivity index (χ3v) is 6.55. The highest BCUT2D eigenvalue weighted by molar-refractivity contribution is 9.10. The summed E-state index contributed by atoms with van der Waals surface area (Å²) in [6.07, 6.45) is 2.09. The van der Waals surface area contributed by atoms with Crippen LogP contribution < -0.4 is 34.5 Å². The molecule has 1 saturated heterocycles. The lowest BCUT2D eigenvalue weighted by Crippen LogP contribution is -2.54. The number of para-hydroxylation sites is 2. The highest BCUT2D eigenvalue weighted by Gasteiger charge is 2.37. The minimum Gasteiger partial charge on any atom is -0.495 e. The van der Waals surface area contributed by atoms with Crippen molar-refractivity contribution in [2.24, 2.45) is 0 Å². The van der Waals surface area contributed by atoms with Gasteiger partial charge in [0.2, 0.25) is 0 Å². The molecule has 0 saturated carbocycles. The fourth-order valence-corrected chi connectivity index (χ4v) is 4.50. The summed E-state index contributed by atoms with van der Waals surface area (Å²) < 4.78 is 23.0. The number of hydrogen-bond donors (Lipinski definition) is 2. The van der Waals surface area contributed by atoms with Crippen LogP contribution in [-0.2, 0) is 14.4 Å². The fraction of sp³-hybridized carbons (Fsp3) is 0.226. The number of benzene rings is 3. The van der Waals surface area contributed by atoms with E-state index in [0.29, 0.717) is 46.2 Å². The second kappa shape index (κ2) is 14.4. The number of amides is 5. The normalized spacial score (nSPS) is 13.9. The van der Waals surface area contributed by atoms with E-state index in [4.69, 9.17) is 18.9 Å². The van der Waals surface area contributed by atoms with E-state index in [0.717, 1.165) is 11.3 Å². The zero-order valence-corrected chi connectivity index (χ0v) is 25.4. The van der Waals surface area contributed by atoms with Crippen molar-refractivity contribution in [3.63, 3.8) is 0 Å². The topological polar surface area (TPSA) is 132 Å². The van der Waals surface area contributed by atoms with Crippen molar-refractivity contribution in [3.05, 3.63) is 76.3 Å². The molecule has 1 fully saturated rings. The predicted octanol–water partition coefficient (Wildman–Crippen LogP) is 5.33. The molecule has 3 aromatic rings. The molecular formula is C31H30BrN3O8. The summed E-state index contributed by atoms with van der Waals surface area (Å²) in [4.78, 5) is 52.7. The summed E-state index contributed by atoms with van der Waals surface area (Å²) in [6, 6.07) is 15.6. The first-order chi connectivity index (χ1) is 20.7. The molecule has 0 unspecified atom stereocenters. The van der Waals surface area contributed by atoms with E-state index >= 15 is 0 Å². The second-order valence-electron chi connectivity index (χ2n) is 9.09. The molecule has 0 aliphatic carbocycles. The highest BCUT2D eigenvalue weighted by atomic mass is 79.9. The molecule has 0 radical (unpaired) electrons. The lowest BCUT2D eigenvalue weighted by Gasteiger charge is -2.27. The van der Waals surface area contributed by atoms with Gasteiger partial charge in [-0.3, -0.25) is 19.7 Å². The van der Waals surface area contributed by atoms with Crippen molar-refractivity contribution in [3.8, 4) is 23.0 Å². The lowest BCUT2D eigenvalue weighted by atomic mass is 10.1. The Hall–Kier alpha value is -4.84. The van der Waals surface area contributed by atoms with E-state index in [1.165, 1.54) is 25.3 Å². The molecule has 12 heteroatoms. The molecule has 11 nitrogen and oxygen atoms in total. The average molecular weight is 652 g/mol. The Morgan fingerprint density at radius 2 is 1.70 bits per heavy atom. The third-order valence-electron chi connectivity index (χ3n) is 6.06. The van der Waals surface area contributed by atoms with Crippen molar-refractivity contribution in [2.75, 3.05) is 37.1 Å². The molecule has 1 aliphatic heterocycles. The van der Waals surface area contributed by atoms with Crippen molar-refractivity contribution in [1.82, 2.24) is 5.32 Å². The Bertz CT molecular complexity index is 1570. The second-order valence-corrected chi connectivity index (χ2v) is 10.0. The summed E-state index contributed by atoms with van der Waals surface area (Å²) >= 11 is 3.38. The first kappa shape index (κ1) is 31.1. The van der Waals surface area contributed by atoms with Gasteiger partial charge in [-0.15, -0.1) is 0 Å². The number of carbonyl (C=O) groups excluding carboxylic acids is 4. The minimum atomic E-state index is -0.907. The van der Waals surface area contributed by atoms with E-state index < -0.39 is 23.8 Å². The summed E-state index contributed by atoms with van der Waals surface area (Å²) in [5.74, 6) is -0.642. The van der Waals surface area contributed by atoms with Crippen molar-refractivity contribution < 1.29 is 38.1 Å². The number of hydrogen-bond acceptors (Lipinski definition) is 8. The molecule has 0 spiro atoms. The van der Waals surface area contributed by atoms with E-state index in [2.05, 4.69) is 26.6 Å². The van der Waals surface area contributed by atoms with Crippen LogP contribution in [0.4, 0.5) is 16.2 Å². The maximum atomic E-state index is 13.6. The van der Waals surface area contributed by atoms with Gasteiger partial charge in [0.1, 0.15) is 17.1 Å². The van der Waals surface area contributed by atoms with Gasteiger partial charge in [-0.05, 0) is 61.9 Å². The van der Waals surface area contributed by atoms with Crippen molar-refractivity contribution >= 4 is 57.1 Å². The van der Waals surface area contributed by atoms with E-state index in [9.17, 15) is 19.2 Å². The number of imide groups is 2. The largest absolute Gasteiger partial charge is 0.495 e. The zero-order chi connectivity index (χ0) is 30.9. The molecule has 43 heavy (non-hydrogen) atoms. The zero-order valence-electron chi connectivity index (χ0n) is 23.8. The van der Waals surface area contributed by atoms with Gasteiger partial charge in [0.25, 0.3) is 17.7 Å². The Morgan fingerprint density at radius 1 is 0.930 bits per heavy atom. The number of methoxy groups -OCH3 is 1. The number of anilines is 2. The molecule has 0 bridgehead atoms. The molecule has 1 heterocycles. The van der Waals surface area contributed by atoms with Crippen LogP contribution in [0.3, 0.4) is 0 Å². The predicted molar refractivity (Wildman–Crippen MR) is 164 cm³/mol. The van der Waals surface area contributed by atoms with Crippen molar-refractivity contribution in [1.29, 1.82) is 0 Å². The van der Waals surface area contributed by atoms with Crippen LogP contribution in [-0.4, -0.2) is 50.7 Å². The van der Waals surface area contributed by atoms with Crippen LogP contribution in [0.5, 0.6) is 23.0 Å². The first-order valence-corrected chi connectivity index (χ1v) is 14.2. The van der Waals surface area contributed by atoms with Gasteiger partial charge in [0.15, 0.2) is 18.1 Å². The molecule has 5 amide bonds. The average Bonchev–Trinajstić information content (AvgIpc) is 2.98. The van der Waals surface area contributed by atoms with Crippen LogP contribution >= 0.6 is 15.9 Å². The van der Waals surface area contributed by atoms with Crippen LogP contribution in [0.1, 0.15) is 25.8 Å². The molecule has 0 atom stereocenters. The van der Waals surface area contributed by atoms with E-state index in [-0.39, 0.29) is 23.6 Å². The Labute approximate surface area is 256 Å².